The fraction of sp³-hybridized carbons (Fsp3) is 0.125. The molecule has 0 bridgehead atoms. The number of halogens is 3. The number of rotatable bonds is 3. The van der Waals surface area contributed by atoms with Crippen LogP contribution < -0.4 is 10.5 Å². The van der Waals surface area contributed by atoms with Gasteiger partial charge in [0.1, 0.15) is 0 Å². The van der Waals surface area contributed by atoms with Crippen molar-refractivity contribution in [3.05, 3.63) is 29.6 Å². The summed E-state index contributed by atoms with van der Waals surface area (Å²) in [7, 11) is 0. The molecule has 76 valence electrons. The first-order chi connectivity index (χ1) is 6.50. The summed E-state index contributed by atoms with van der Waals surface area (Å²) < 4.78 is 40.1. The number of carbonyl (C=O) groups is 1. The summed E-state index contributed by atoms with van der Waals surface area (Å²) in [5.41, 5.74) is 4.73. The summed E-state index contributed by atoms with van der Waals surface area (Å²) in [6, 6.07) is 2.75. The van der Waals surface area contributed by atoms with Gasteiger partial charge in [0, 0.05) is 5.56 Å². The lowest BCUT2D eigenvalue weighted by atomic mass is 10.2. The molecular formula is C8H6F3NO2. The minimum atomic E-state index is -3.11. The number of primary amides is 1. The Hall–Kier alpha value is -1.72. The van der Waals surface area contributed by atoms with Crippen LogP contribution in [0, 0.1) is 5.82 Å². The summed E-state index contributed by atoms with van der Waals surface area (Å²) in [4.78, 5) is 10.6. The average molecular weight is 205 g/mol. The van der Waals surface area contributed by atoms with Crippen molar-refractivity contribution >= 4 is 5.91 Å². The highest BCUT2D eigenvalue weighted by molar-refractivity contribution is 5.92. The van der Waals surface area contributed by atoms with Gasteiger partial charge < -0.3 is 10.5 Å². The molecule has 0 aliphatic heterocycles. The number of benzene rings is 1. The van der Waals surface area contributed by atoms with Crippen molar-refractivity contribution in [3.8, 4) is 5.75 Å². The first-order valence-electron chi connectivity index (χ1n) is 3.55. The van der Waals surface area contributed by atoms with Crippen LogP contribution in [0.25, 0.3) is 0 Å². The molecule has 2 N–H and O–H groups in total. The molecule has 0 spiro atoms. The third kappa shape index (κ3) is 2.38. The predicted molar refractivity (Wildman–Crippen MR) is 41.5 cm³/mol. The smallest absolute Gasteiger partial charge is 0.387 e. The Labute approximate surface area is 77.3 Å². The quantitative estimate of drug-likeness (QED) is 0.813. The molecule has 1 aromatic carbocycles. The van der Waals surface area contributed by atoms with Crippen LogP contribution in [0.2, 0.25) is 0 Å². The zero-order valence-corrected chi connectivity index (χ0v) is 6.84. The van der Waals surface area contributed by atoms with Gasteiger partial charge in [-0.05, 0) is 18.2 Å². The van der Waals surface area contributed by atoms with E-state index in [0.717, 1.165) is 18.2 Å². The van der Waals surface area contributed by atoms with Gasteiger partial charge in [-0.3, -0.25) is 4.79 Å². The molecule has 0 unspecified atom stereocenters. The topological polar surface area (TPSA) is 52.3 Å². The Morgan fingerprint density at radius 1 is 1.43 bits per heavy atom. The van der Waals surface area contributed by atoms with Gasteiger partial charge in [-0.2, -0.15) is 8.78 Å². The van der Waals surface area contributed by atoms with Crippen LogP contribution in [-0.4, -0.2) is 12.5 Å². The molecular weight excluding hydrogens is 199 g/mol. The summed E-state index contributed by atoms with van der Waals surface area (Å²) >= 11 is 0. The Kier molecular flexibility index (Phi) is 2.95. The van der Waals surface area contributed by atoms with Crippen LogP contribution in [0.4, 0.5) is 13.2 Å². The number of hydrogen-bond acceptors (Lipinski definition) is 2. The van der Waals surface area contributed by atoms with Gasteiger partial charge in [0.05, 0.1) is 0 Å². The van der Waals surface area contributed by atoms with Crippen molar-refractivity contribution in [2.24, 2.45) is 5.73 Å². The molecule has 0 aliphatic carbocycles. The maximum absolute atomic E-state index is 12.9. The van der Waals surface area contributed by atoms with Crippen molar-refractivity contribution in [2.75, 3.05) is 0 Å². The number of hydrogen-bond donors (Lipinski definition) is 1. The first-order valence-corrected chi connectivity index (χ1v) is 3.55. The zero-order valence-electron chi connectivity index (χ0n) is 6.84. The Morgan fingerprint density at radius 2 is 2.07 bits per heavy atom. The fourth-order valence-electron chi connectivity index (χ4n) is 0.846. The van der Waals surface area contributed by atoms with E-state index >= 15 is 0 Å². The molecule has 0 heterocycles. The second-order valence-corrected chi connectivity index (χ2v) is 2.39. The minimum absolute atomic E-state index is 0.107. The van der Waals surface area contributed by atoms with Gasteiger partial charge in [0.15, 0.2) is 11.6 Å². The van der Waals surface area contributed by atoms with E-state index < -0.39 is 24.1 Å². The molecule has 14 heavy (non-hydrogen) atoms. The normalized spacial score (nSPS) is 10.3. The van der Waals surface area contributed by atoms with E-state index in [1.54, 1.807) is 0 Å². The van der Waals surface area contributed by atoms with Gasteiger partial charge >= 0.3 is 6.61 Å². The minimum Gasteiger partial charge on any atom is -0.432 e. The fourth-order valence-corrected chi connectivity index (χ4v) is 0.846. The SMILES string of the molecule is NC(=O)c1ccc(OC(F)F)c(F)c1. The summed E-state index contributed by atoms with van der Waals surface area (Å²) in [5, 5.41) is 0. The number of ether oxygens (including phenoxy) is 1. The highest BCUT2D eigenvalue weighted by Gasteiger charge is 2.11. The number of carbonyl (C=O) groups excluding carboxylic acids is 1. The highest BCUT2D eigenvalue weighted by Crippen LogP contribution is 2.19. The summed E-state index contributed by atoms with van der Waals surface area (Å²) in [5.74, 6) is -2.51. The lowest BCUT2D eigenvalue weighted by Gasteiger charge is -2.05. The monoisotopic (exact) mass is 205 g/mol. The van der Waals surface area contributed by atoms with Crippen LogP contribution in [0.1, 0.15) is 10.4 Å². The Morgan fingerprint density at radius 3 is 2.50 bits per heavy atom. The Balaban J connectivity index is 2.95. The number of nitrogens with two attached hydrogens (primary N) is 1. The molecule has 0 aliphatic rings. The molecule has 0 saturated heterocycles. The van der Waals surface area contributed by atoms with Crippen LogP contribution >= 0.6 is 0 Å². The van der Waals surface area contributed by atoms with E-state index in [1.807, 2.05) is 0 Å². The number of alkyl halides is 2. The van der Waals surface area contributed by atoms with Crippen LogP contribution in [0.5, 0.6) is 5.75 Å². The van der Waals surface area contributed by atoms with Gasteiger partial charge in [0.25, 0.3) is 0 Å². The zero-order chi connectivity index (χ0) is 10.7. The second kappa shape index (κ2) is 3.99. The summed E-state index contributed by atoms with van der Waals surface area (Å²) in [6.45, 7) is -3.11. The van der Waals surface area contributed by atoms with E-state index in [0.29, 0.717) is 0 Å². The second-order valence-electron chi connectivity index (χ2n) is 2.39. The third-order valence-corrected chi connectivity index (χ3v) is 1.43. The molecule has 0 radical (unpaired) electrons. The van der Waals surface area contributed by atoms with E-state index in [4.69, 9.17) is 5.73 Å². The lowest BCUT2D eigenvalue weighted by molar-refractivity contribution is -0.0521. The van der Waals surface area contributed by atoms with Gasteiger partial charge in [0.2, 0.25) is 5.91 Å². The van der Waals surface area contributed by atoms with Crippen LogP contribution in [0.3, 0.4) is 0 Å². The van der Waals surface area contributed by atoms with Gasteiger partial charge in [-0.15, -0.1) is 0 Å². The lowest BCUT2D eigenvalue weighted by Crippen LogP contribution is -2.11. The molecule has 1 aromatic rings. The summed E-state index contributed by atoms with van der Waals surface area (Å²) in [6.07, 6.45) is 0. The third-order valence-electron chi connectivity index (χ3n) is 1.43. The van der Waals surface area contributed by atoms with Crippen molar-refractivity contribution < 1.29 is 22.7 Å². The van der Waals surface area contributed by atoms with Gasteiger partial charge in [-0.1, -0.05) is 0 Å². The molecule has 3 nitrogen and oxygen atoms in total. The van der Waals surface area contributed by atoms with E-state index in [9.17, 15) is 18.0 Å². The van der Waals surface area contributed by atoms with Crippen LogP contribution in [0.15, 0.2) is 18.2 Å². The molecule has 1 amide bonds. The average Bonchev–Trinajstić information content (AvgIpc) is 2.07. The maximum atomic E-state index is 12.9. The molecule has 0 fully saturated rings. The Bertz CT molecular complexity index is 354. The van der Waals surface area contributed by atoms with Crippen molar-refractivity contribution in [2.45, 2.75) is 6.61 Å². The first kappa shape index (κ1) is 10.4. The maximum Gasteiger partial charge on any atom is 0.387 e. The van der Waals surface area contributed by atoms with Crippen molar-refractivity contribution in [3.63, 3.8) is 0 Å². The van der Waals surface area contributed by atoms with Crippen LogP contribution in [-0.2, 0) is 0 Å². The molecule has 1 rings (SSSR count). The van der Waals surface area contributed by atoms with Gasteiger partial charge in [-0.25, -0.2) is 4.39 Å². The van der Waals surface area contributed by atoms with E-state index in [1.165, 1.54) is 0 Å². The largest absolute Gasteiger partial charge is 0.432 e. The van der Waals surface area contributed by atoms with E-state index in [2.05, 4.69) is 4.74 Å². The standard InChI is InChI=1S/C8H6F3NO2/c9-5-3-4(7(12)13)1-2-6(5)14-8(10)11/h1-3,8H,(H2,12,13). The molecule has 0 saturated carbocycles. The molecule has 0 aromatic heterocycles. The number of amides is 1. The highest BCUT2D eigenvalue weighted by atomic mass is 19.3. The van der Waals surface area contributed by atoms with Crippen molar-refractivity contribution in [1.82, 2.24) is 0 Å². The predicted octanol–water partition coefficient (Wildman–Crippen LogP) is 1.53. The van der Waals surface area contributed by atoms with E-state index in [-0.39, 0.29) is 5.56 Å². The molecule has 0 atom stereocenters. The molecule has 6 heteroatoms. The van der Waals surface area contributed by atoms with Crippen molar-refractivity contribution in [1.29, 1.82) is 0 Å².